The molecule has 0 aliphatic heterocycles. The van der Waals surface area contributed by atoms with E-state index in [1.807, 2.05) is 6.08 Å². The summed E-state index contributed by atoms with van der Waals surface area (Å²) in [6, 6.07) is 0. The fraction of sp³-hybridized carbons (Fsp3) is 0.750. The van der Waals surface area contributed by atoms with Crippen LogP contribution < -0.4 is 5.73 Å². The first-order valence-corrected chi connectivity index (χ1v) is 3.69. The van der Waals surface area contributed by atoms with Crippen LogP contribution in [0.3, 0.4) is 0 Å². The smallest absolute Gasteiger partial charge is 0.0336 e. The fourth-order valence-electron chi connectivity index (χ4n) is 1.41. The van der Waals surface area contributed by atoms with Crippen LogP contribution in [0.25, 0.3) is 0 Å². The second-order valence-corrected chi connectivity index (χ2v) is 3.00. The lowest BCUT2D eigenvalue weighted by atomic mass is 9.83. The van der Waals surface area contributed by atoms with Gasteiger partial charge in [-0.05, 0) is 12.8 Å². The van der Waals surface area contributed by atoms with Gasteiger partial charge in [-0.15, -0.1) is 19.0 Å². The summed E-state index contributed by atoms with van der Waals surface area (Å²) in [7, 11) is 0. The third kappa shape index (κ3) is 2.31. The van der Waals surface area contributed by atoms with Crippen molar-refractivity contribution in [2.24, 2.45) is 5.73 Å². The summed E-state index contributed by atoms with van der Waals surface area (Å²) >= 11 is 0. The van der Waals surface area contributed by atoms with Crippen molar-refractivity contribution in [2.45, 2.75) is 37.6 Å². The van der Waals surface area contributed by atoms with Crippen molar-refractivity contribution in [1.82, 2.24) is 0 Å². The highest BCUT2D eigenvalue weighted by molar-refractivity contribution is 5.85. The van der Waals surface area contributed by atoms with Gasteiger partial charge >= 0.3 is 0 Å². The average molecular weight is 162 g/mol. The predicted octanol–water partition coefficient (Wildman–Crippen LogP) is 2.26. The van der Waals surface area contributed by atoms with Crippen LogP contribution in [0.2, 0.25) is 0 Å². The highest BCUT2D eigenvalue weighted by Gasteiger charge is 2.22. The van der Waals surface area contributed by atoms with E-state index in [2.05, 4.69) is 6.58 Å². The lowest BCUT2D eigenvalue weighted by molar-refractivity contribution is 0.359. The average Bonchev–Trinajstić information content (AvgIpc) is 1.90. The van der Waals surface area contributed by atoms with Crippen molar-refractivity contribution in [2.75, 3.05) is 0 Å². The van der Waals surface area contributed by atoms with Crippen LogP contribution in [0.4, 0.5) is 0 Å². The van der Waals surface area contributed by atoms with Gasteiger partial charge in [0, 0.05) is 5.54 Å². The van der Waals surface area contributed by atoms with E-state index in [1.54, 1.807) is 0 Å². The summed E-state index contributed by atoms with van der Waals surface area (Å²) in [4.78, 5) is 0. The van der Waals surface area contributed by atoms with Crippen LogP contribution in [0.1, 0.15) is 32.1 Å². The molecule has 1 aliphatic rings. The van der Waals surface area contributed by atoms with Crippen LogP contribution in [-0.2, 0) is 0 Å². The first-order valence-electron chi connectivity index (χ1n) is 3.69. The summed E-state index contributed by atoms with van der Waals surface area (Å²) in [5.41, 5.74) is 5.92. The maximum absolute atomic E-state index is 5.94. The zero-order valence-electron chi connectivity index (χ0n) is 6.31. The zero-order chi connectivity index (χ0) is 6.74. The number of rotatable bonds is 1. The van der Waals surface area contributed by atoms with Gasteiger partial charge in [0.2, 0.25) is 0 Å². The molecule has 1 rings (SSSR count). The van der Waals surface area contributed by atoms with Crippen molar-refractivity contribution >= 4 is 12.4 Å². The summed E-state index contributed by atoms with van der Waals surface area (Å²) in [6.07, 6.45) is 8.09. The monoisotopic (exact) mass is 161 g/mol. The second kappa shape index (κ2) is 3.99. The Morgan fingerprint density at radius 3 is 2.00 bits per heavy atom. The van der Waals surface area contributed by atoms with E-state index < -0.39 is 0 Å². The summed E-state index contributed by atoms with van der Waals surface area (Å²) in [5, 5.41) is 0. The normalized spacial score (nSPS) is 22.9. The van der Waals surface area contributed by atoms with Crippen molar-refractivity contribution in [3.8, 4) is 0 Å². The molecule has 0 heterocycles. The summed E-state index contributed by atoms with van der Waals surface area (Å²) in [5.74, 6) is 0. The lowest BCUT2D eigenvalue weighted by Gasteiger charge is -2.29. The van der Waals surface area contributed by atoms with E-state index in [4.69, 9.17) is 5.73 Å². The van der Waals surface area contributed by atoms with Gasteiger partial charge in [0.05, 0.1) is 0 Å². The quantitative estimate of drug-likeness (QED) is 0.587. The molecule has 60 valence electrons. The van der Waals surface area contributed by atoms with Gasteiger partial charge in [0.1, 0.15) is 0 Å². The van der Waals surface area contributed by atoms with Crippen LogP contribution in [-0.4, -0.2) is 5.54 Å². The molecule has 0 unspecified atom stereocenters. The molecule has 0 aromatic rings. The molecule has 0 saturated heterocycles. The van der Waals surface area contributed by atoms with E-state index in [9.17, 15) is 0 Å². The highest BCUT2D eigenvalue weighted by atomic mass is 35.5. The molecule has 1 nitrogen and oxygen atoms in total. The molecule has 0 spiro atoms. The molecule has 0 aromatic heterocycles. The largest absolute Gasteiger partial charge is 0.322 e. The van der Waals surface area contributed by atoms with E-state index in [0.29, 0.717) is 0 Å². The number of nitrogens with two attached hydrogens (primary N) is 1. The molecule has 0 bridgehead atoms. The van der Waals surface area contributed by atoms with E-state index in [-0.39, 0.29) is 17.9 Å². The molecular weight excluding hydrogens is 146 g/mol. The van der Waals surface area contributed by atoms with Gasteiger partial charge < -0.3 is 5.73 Å². The minimum Gasteiger partial charge on any atom is -0.322 e. The SMILES string of the molecule is C=CC1(N)CCCCC1.Cl. The minimum atomic E-state index is -0.0156. The highest BCUT2D eigenvalue weighted by Crippen LogP contribution is 2.25. The Morgan fingerprint density at radius 2 is 1.70 bits per heavy atom. The maximum Gasteiger partial charge on any atom is 0.0336 e. The molecule has 1 fully saturated rings. The van der Waals surface area contributed by atoms with Crippen LogP contribution in [0.5, 0.6) is 0 Å². The van der Waals surface area contributed by atoms with Crippen molar-refractivity contribution < 1.29 is 0 Å². The molecule has 0 radical (unpaired) electrons. The third-order valence-electron chi connectivity index (χ3n) is 2.19. The molecule has 0 aromatic carbocycles. The molecule has 0 amide bonds. The van der Waals surface area contributed by atoms with Gasteiger partial charge in [0.25, 0.3) is 0 Å². The Balaban J connectivity index is 0.000000810. The molecule has 1 saturated carbocycles. The van der Waals surface area contributed by atoms with Gasteiger partial charge in [-0.3, -0.25) is 0 Å². The predicted molar refractivity (Wildman–Crippen MR) is 47.4 cm³/mol. The zero-order valence-corrected chi connectivity index (χ0v) is 7.12. The van der Waals surface area contributed by atoms with Gasteiger partial charge in [0.15, 0.2) is 0 Å². The Labute approximate surface area is 69.1 Å². The van der Waals surface area contributed by atoms with Crippen LogP contribution in [0, 0.1) is 0 Å². The topological polar surface area (TPSA) is 26.0 Å². The third-order valence-corrected chi connectivity index (χ3v) is 2.19. The molecular formula is C8H16ClN. The summed E-state index contributed by atoms with van der Waals surface area (Å²) < 4.78 is 0. The van der Waals surface area contributed by atoms with Gasteiger partial charge in [-0.2, -0.15) is 0 Å². The summed E-state index contributed by atoms with van der Waals surface area (Å²) in [6.45, 7) is 3.73. The van der Waals surface area contributed by atoms with Crippen molar-refractivity contribution in [1.29, 1.82) is 0 Å². The van der Waals surface area contributed by atoms with Gasteiger partial charge in [-0.1, -0.05) is 25.3 Å². The van der Waals surface area contributed by atoms with Gasteiger partial charge in [-0.25, -0.2) is 0 Å². The molecule has 1 aliphatic carbocycles. The van der Waals surface area contributed by atoms with Crippen molar-refractivity contribution in [3.63, 3.8) is 0 Å². The Hall–Kier alpha value is -0.0100. The van der Waals surface area contributed by atoms with Crippen LogP contribution >= 0.6 is 12.4 Å². The molecule has 0 atom stereocenters. The minimum absolute atomic E-state index is 0. The first kappa shape index (κ1) is 9.99. The number of halogens is 1. The number of hydrogen-bond acceptors (Lipinski definition) is 1. The van der Waals surface area contributed by atoms with E-state index >= 15 is 0 Å². The maximum atomic E-state index is 5.94. The molecule has 2 heteroatoms. The molecule has 2 N–H and O–H groups in total. The Bertz CT molecular complexity index is 106. The van der Waals surface area contributed by atoms with Crippen molar-refractivity contribution in [3.05, 3.63) is 12.7 Å². The standard InChI is InChI=1S/C8H15N.ClH/c1-2-8(9)6-4-3-5-7-8;/h2H,1,3-7,9H2;1H. The number of hydrogen-bond donors (Lipinski definition) is 1. The fourth-order valence-corrected chi connectivity index (χ4v) is 1.41. The van der Waals surface area contributed by atoms with E-state index in [0.717, 1.165) is 12.8 Å². The Morgan fingerprint density at radius 1 is 1.20 bits per heavy atom. The Kier molecular flexibility index (Phi) is 3.99. The first-order chi connectivity index (χ1) is 4.27. The lowest BCUT2D eigenvalue weighted by Crippen LogP contribution is -2.38. The molecule has 10 heavy (non-hydrogen) atoms. The van der Waals surface area contributed by atoms with Crippen LogP contribution in [0.15, 0.2) is 12.7 Å². The second-order valence-electron chi connectivity index (χ2n) is 3.00. The van der Waals surface area contributed by atoms with E-state index in [1.165, 1.54) is 19.3 Å².